The second-order valence-corrected chi connectivity index (χ2v) is 7.55. The molecular formula is C23H16ClN3O3. The van der Waals surface area contributed by atoms with E-state index in [0.717, 1.165) is 16.9 Å². The standard InChI is InChI=1S/C23H16ClN3O3/c24-15-6-7-17(20(28)11-15)14-5-8-21-25-12-16(27(21)13-14)9-10-26-22(29)18-3-1-2-4-19(18)23(26)30/h1-8,11-13,28H,9-10H2. The van der Waals surface area contributed by atoms with Crippen LogP contribution >= 0.6 is 11.6 Å². The minimum absolute atomic E-state index is 0.0922. The van der Waals surface area contributed by atoms with Crippen LogP contribution in [0.1, 0.15) is 26.4 Å². The summed E-state index contributed by atoms with van der Waals surface area (Å²) < 4.78 is 1.90. The van der Waals surface area contributed by atoms with Gasteiger partial charge in [0.25, 0.3) is 11.8 Å². The first kappa shape index (κ1) is 18.4. The van der Waals surface area contributed by atoms with Crippen LogP contribution in [-0.2, 0) is 6.42 Å². The number of aromatic hydroxyl groups is 1. The van der Waals surface area contributed by atoms with Gasteiger partial charge in [0.05, 0.1) is 11.1 Å². The minimum atomic E-state index is -0.267. The average molecular weight is 418 g/mol. The number of amides is 2. The van der Waals surface area contributed by atoms with Gasteiger partial charge in [-0.15, -0.1) is 0 Å². The second kappa shape index (κ2) is 7.00. The number of halogens is 1. The SMILES string of the molecule is O=C1c2ccccc2C(=O)N1CCc1cnc2ccc(-c3ccc(Cl)cc3O)cn12. The summed E-state index contributed by atoms with van der Waals surface area (Å²) in [7, 11) is 0. The quantitative estimate of drug-likeness (QED) is 0.505. The minimum Gasteiger partial charge on any atom is -0.507 e. The van der Waals surface area contributed by atoms with Gasteiger partial charge in [0.2, 0.25) is 0 Å². The van der Waals surface area contributed by atoms with Gasteiger partial charge < -0.3 is 9.51 Å². The number of phenols is 1. The summed E-state index contributed by atoms with van der Waals surface area (Å²) in [6.07, 6.45) is 4.07. The third-order valence-electron chi connectivity index (χ3n) is 5.32. The van der Waals surface area contributed by atoms with Crippen molar-refractivity contribution in [2.45, 2.75) is 6.42 Å². The molecule has 0 bridgehead atoms. The molecule has 0 spiro atoms. The number of pyridine rings is 1. The highest BCUT2D eigenvalue weighted by atomic mass is 35.5. The molecule has 0 saturated heterocycles. The Hall–Kier alpha value is -3.64. The first-order valence-corrected chi connectivity index (χ1v) is 9.81. The molecule has 0 fully saturated rings. The molecule has 0 saturated carbocycles. The Morgan fingerprint density at radius 3 is 2.37 bits per heavy atom. The van der Waals surface area contributed by atoms with E-state index < -0.39 is 0 Å². The van der Waals surface area contributed by atoms with Gasteiger partial charge in [-0.05, 0) is 42.5 Å². The Morgan fingerprint density at radius 1 is 0.933 bits per heavy atom. The van der Waals surface area contributed by atoms with E-state index >= 15 is 0 Å². The van der Waals surface area contributed by atoms with Crippen molar-refractivity contribution in [3.05, 3.63) is 88.8 Å². The molecule has 6 nitrogen and oxygen atoms in total. The predicted octanol–water partition coefficient (Wildman–Crippen LogP) is 4.20. The molecule has 148 valence electrons. The third-order valence-corrected chi connectivity index (χ3v) is 5.56. The average Bonchev–Trinajstić information content (AvgIpc) is 3.25. The molecule has 7 heteroatoms. The molecule has 1 aliphatic rings. The molecule has 1 aliphatic heterocycles. The summed E-state index contributed by atoms with van der Waals surface area (Å²) in [5.41, 5.74) is 3.95. The summed E-state index contributed by atoms with van der Waals surface area (Å²) in [6.45, 7) is 0.260. The van der Waals surface area contributed by atoms with Gasteiger partial charge in [-0.2, -0.15) is 0 Å². The maximum atomic E-state index is 12.6. The molecule has 2 aromatic heterocycles. The first-order chi connectivity index (χ1) is 14.5. The fraction of sp³-hybridized carbons (Fsp3) is 0.0870. The number of carbonyl (C=O) groups excluding carboxylic acids is 2. The van der Waals surface area contributed by atoms with Crippen LogP contribution < -0.4 is 0 Å². The van der Waals surface area contributed by atoms with E-state index in [-0.39, 0.29) is 24.1 Å². The number of rotatable bonds is 4. The van der Waals surface area contributed by atoms with Gasteiger partial charge in [0.15, 0.2) is 0 Å². The number of hydrogen-bond acceptors (Lipinski definition) is 4. The maximum absolute atomic E-state index is 12.6. The van der Waals surface area contributed by atoms with Crippen LogP contribution in [0, 0.1) is 0 Å². The maximum Gasteiger partial charge on any atom is 0.261 e. The van der Waals surface area contributed by atoms with E-state index in [2.05, 4.69) is 4.98 Å². The number of hydrogen-bond donors (Lipinski definition) is 1. The molecule has 4 aromatic rings. The number of fused-ring (bicyclic) bond motifs is 2. The molecular weight excluding hydrogens is 402 g/mol. The predicted molar refractivity (Wildman–Crippen MR) is 113 cm³/mol. The highest BCUT2D eigenvalue weighted by Crippen LogP contribution is 2.32. The lowest BCUT2D eigenvalue weighted by atomic mass is 10.1. The van der Waals surface area contributed by atoms with Crippen LogP contribution in [-0.4, -0.2) is 37.8 Å². The Balaban J connectivity index is 1.43. The second-order valence-electron chi connectivity index (χ2n) is 7.11. The van der Waals surface area contributed by atoms with Crippen molar-refractivity contribution >= 4 is 29.1 Å². The van der Waals surface area contributed by atoms with Gasteiger partial charge in [-0.1, -0.05) is 23.7 Å². The van der Waals surface area contributed by atoms with Gasteiger partial charge >= 0.3 is 0 Å². The van der Waals surface area contributed by atoms with Gasteiger partial charge in [-0.3, -0.25) is 14.5 Å². The zero-order valence-corrected chi connectivity index (χ0v) is 16.5. The van der Waals surface area contributed by atoms with Crippen molar-refractivity contribution in [2.24, 2.45) is 0 Å². The number of carbonyl (C=O) groups is 2. The Kier molecular flexibility index (Phi) is 4.29. The van der Waals surface area contributed by atoms with Gasteiger partial charge in [0.1, 0.15) is 11.4 Å². The summed E-state index contributed by atoms with van der Waals surface area (Å²) >= 11 is 5.93. The van der Waals surface area contributed by atoms with E-state index in [0.29, 0.717) is 28.1 Å². The number of imide groups is 1. The van der Waals surface area contributed by atoms with Gasteiger partial charge in [-0.25, -0.2) is 4.98 Å². The van der Waals surface area contributed by atoms with E-state index in [1.54, 1.807) is 42.6 Å². The van der Waals surface area contributed by atoms with E-state index in [9.17, 15) is 14.7 Å². The largest absolute Gasteiger partial charge is 0.507 e. The molecule has 0 unspecified atom stereocenters. The van der Waals surface area contributed by atoms with E-state index in [1.807, 2.05) is 22.7 Å². The van der Waals surface area contributed by atoms with Crippen molar-refractivity contribution in [1.29, 1.82) is 0 Å². The summed E-state index contributed by atoms with van der Waals surface area (Å²) in [4.78, 5) is 30.8. The zero-order valence-electron chi connectivity index (χ0n) is 15.7. The lowest BCUT2D eigenvalue weighted by Crippen LogP contribution is -2.31. The third kappa shape index (κ3) is 2.93. The lowest BCUT2D eigenvalue weighted by Gasteiger charge is -2.13. The smallest absolute Gasteiger partial charge is 0.261 e. The zero-order chi connectivity index (χ0) is 20.8. The highest BCUT2D eigenvalue weighted by molar-refractivity contribution is 6.30. The fourth-order valence-corrected chi connectivity index (χ4v) is 3.96. The van der Waals surface area contributed by atoms with Crippen LogP contribution in [0.15, 0.2) is 67.0 Å². The Morgan fingerprint density at radius 2 is 1.67 bits per heavy atom. The Labute approximate surface area is 177 Å². The monoisotopic (exact) mass is 417 g/mol. The fourth-order valence-electron chi connectivity index (χ4n) is 3.79. The molecule has 0 aliphatic carbocycles. The molecule has 1 N–H and O–H groups in total. The van der Waals surface area contributed by atoms with Crippen LogP contribution in [0.5, 0.6) is 5.75 Å². The van der Waals surface area contributed by atoms with Crippen LogP contribution in [0.2, 0.25) is 5.02 Å². The summed E-state index contributed by atoms with van der Waals surface area (Å²) in [5.74, 6) is -0.443. The van der Waals surface area contributed by atoms with Crippen molar-refractivity contribution in [2.75, 3.05) is 6.54 Å². The number of nitrogens with zero attached hydrogens (tertiary/aromatic N) is 3. The molecule has 5 rings (SSSR count). The lowest BCUT2D eigenvalue weighted by molar-refractivity contribution is 0.0655. The topological polar surface area (TPSA) is 74.9 Å². The number of phenolic OH excluding ortho intramolecular Hbond substituents is 1. The number of aromatic nitrogens is 2. The molecule has 2 aromatic carbocycles. The normalized spacial score (nSPS) is 13.3. The van der Waals surface area contributed by atoms with Gasteiger partial charge in [0, 0.05) is 47.2 Å². The number of benzene rings is 2. The van der Waals surface area contributed by atoms with Crippen LogP contribution in [0.3, 0.4) is 0 Å². The number of imidazole rings is 1. The van der Waals surface area contributed by atoms with Crippen molar-refractivity contribution in [3.63, 3.8) is 0 Å². The van der Waals surface area contributed by atoms with Crippen LogP contribution in [0.4, 0.5) is 0 Å². The summed E-state index contributed by atoms with van der Waals surface area (Å²) in [5, 5.41) is 10.7. The van der Waals surface area contributed by atoms with Crippen molar-refractivity contribution < 1.29 is 14.7 Å². The molecule has 0 atom stereocenters. The first-order valence-electron chi connectivity index (χ1n) is 9.43. The Bertz CT molecular complexity index is 1290. The summed E-state index contributed by atoms with van der Waals surface area (Å²) in [6, 6.07) is 15.6. The van der Waals surface area contributed by atoms with E-state index in [4.69, 9.17) is 11.6 Å². The van der Waals surface area contributed by atoms with Crippen LogP contribution in [0.25, 0.3) is 16.8 Å². The van der Waals surface area contributed by atoms with Crippen molar-refractivity contribution in [3.8, 4) is 16.9 Å². The van der Waals surface area contributed by atoms with Crippen molar-refractivity contribution in [1.82, 2.24) is 14.3 Å². The molecule has 3 heterocycles. The van der Waals surface area contributed by atoms with E-state index in [1.165, 1.54) is 11.0 Å². The molecule has 30 heavy (non-hydrogen) atoms. The molecule has 2 amide bonds. The molecule has 0 radical (unpaired) electrons. The highest BCUT2D eigenvalue weighted by Gasteiger charge is 2.34.